The van der Waals surface area contributed by atoms with Gasteiger partial charge in [0.25, 0.3) is 0 Å². The highest BCUT2D eigenvalue weighted by molar-refractivity contribution is 9.10. The third kappa shape index (κ3) is 4.16. The van der Waals surface area contributed by atoms with Crippen LogP contribution in [0.25, 0.3) is 0 Å². The third-order valence-electron chi connectivity index (χ3n) is 3.14. The molecule has 2 rings (SSSR count). The van der Waals surface area contributed by atoms with Crippen molar-refractivity contribution in [1.82, 2.24) is 0 Å². The Bertz CT molecular complexity index is 366. The number of benzene rings is 1. The van der Waals surface area contributed by atoms with Gasteiger partial charge in [0.05, 0.1) is 30.7 Å². The van der Waals surface area contributed by atoms with Gasteiger partial charge in [-0.1, -0.05) is 11.6 Å². The first kappa shape index (κ1) is 13.2. The molecule has 1 aliphatic rings. The average Bonchev–Trinajstić information content (AvgIpc) is 2.79. The van der Waals surface area contributed by atoms with Gasteiger partial charge in [0.1, 0.15) is 5.75 Å². The van der Waals surface area contributed by atoms with E-state index in [1.807, 2.05) is 18.2 Å². The summed E-state index contributed by atoms with van der Waals surface area (Å²) in [6, 6.07) is 5.63. The van der Waals surface area contributed by atoms with E-state index in [4.69, 9.17) is 16.3 Å². The molecule has 0 amide bonds. The van der Waals surface area contributed by atoms with Crippen LogP contribution in [0.5, 0.6) is 5.75 Å². The van der Waals surface area contributed by atoms with Crippen LogP contribution in [0.2, 0.25) is 5.02 Å². The van der Waals surface area contributed by atoms with E-state index in [1.54, 1.807) is 4.90 Å². The number of likely N-dealkylation sites (tertiary alicyclic amines) is 1. The Morgan fingerprint density at radius 1 is 1.29 bits per heavy atom. The van der Waals surface area contributed by atoms with Crippen LogP contribution < -0.4 is 9.64 Å². The lowest BCUT2D eigenvalue weighted by Gasteiger charge is -2.12. The van der Waals surface area contributed by atoms with Gasteiger partial charge < -0.3 is 9.64 Å². The molecule has 4 heteroatoms. The van der Waals surface area contributed by atoms with Crippen LogP contribution >= 0.6 is 27.5 Å². The summed E-state index contributed by atoms with van der Waals surface area (Å²) in [7, 11) is 0. The highest BCUT2D eigenvalue weighted by Gasteiger charge is 2.14. The minimum atomic E-state index is 0.728. The molecule has 0 radical (unpaired) electrons. The molecular formula is C13H18BrClNO+. The molecule has 0 aliphatic carbocycles. The van der Waals surface area contributed by atoms with Crippen molar-refractivity contribution in [1.29, 1.82) is 0 Å². The fraction of sp³-hybridized carbons (Fsp3) is 0.538. The molecule has 0 bridgehead atoms. The largest absolute Gasteiger partial charge is 0.492 e. The summed E-state index contributed by atoms with van der Waals surface area (Å²) in [5.41, 5.74) is 0. The summed E-state index contributed by atoms with van der Waals surface area (Å²) < 4.78 is 6.66. The normalized spacial score (nSPS) is 16.4. The molecule has 1 aliphatic heterocycles. The van der Waals surface area contributed by atoms with Gasteiger partial charge in [-0.25, -0.2) is 0 Å². The highest BCUT2D eigenvalue weighted by atomic mass is 79.9. The molecule has 0 saturated carbocycles. The van der Waals surface area contributed by atoms with Crippen molar-refractivity contribution in [3.05, 3.63) is 27.7 Å². The van der Waals surface area contributed by atoms with Crippen molar-refractivity contribution in [2.24, 2.45) is 0 Å². The number of hydrogen-bond donors (Lipinski definition) is 1. The molecule has 1 N–H and O–H groups in total. The first-order valence-electron chi connectivity index (χ1n) is 6.17. The SMILES string of the molecule is Clc1ccc(OCCC[NH+]2CCCC2)c(Br)c1. The van der Waals surface area contributed by atoms with E-state index in [0.29, 0.717) is 0 Å². The van der Waals surface area contributed by atoms with E-state index in [2.05, 4.69) is 15.9 Å². The van der Waals surface area contributed by atoms with Crippen molar-refractivity contribution >= 4 is 27.5 Å². The molecular weight excluding hydrogens is 302 g/mol. The van der Waals surface area contributed by atoms with E-state index in [0.717, 1.165) is 28.3 Å². The molecule has 0 aromatic heterocycles. The zero-order chi connectivity index (χ0) is 12.1. The molecule has 0 atom stereocenters. The van der Waals surface area contributed by atoms with Crippen LogP contribution in [0.1, 0.15) is 19.3 Å². The quantitative estimate of drug-likeness (QED) is 0.824. The van der Waals surface area contributed by atoms with Crippen molar-refractivity contribution < 1.29 is 9.64 Å². The van der Waals surface area contributed by atoms with Gasteiger partial charge in [0.2, 0.25) is 0 Å². The van der Waals surface area contributed by atoms with E-state index in [-0.39, 0.29) is 0 Å². The van der Waals surface area contributed by atoms with Crippen LogP contribution in [0.3, 0.4) is 0 Å². The van der Waals surface area contributed by atoms with Crippen LogP contribution in [0, 0.1) is 0 Å². The predicted octanol–water partition coefficient (Wildman–Crippen LogP) is 2.55. The molecule has 2 nitrogen and oxygen atoms in total. The molecule has 1 heterocycles. The monoisotopic (exact) mass is 318 g/mol. The number of rotatable bonds is 5. The standard InChI is InChI=1S/C13H17BrClNO/c14-12-10-11(15)4-5-13(12)17-9-3-8-16-6-1-2-7-16/h4-5,10H,1-3,6-9H2/p+1. The van der Waals surface area contributed by atoms with Gasteiger partial charge in [-0.3, -0.25) is 0 Å². The van der Waals surface area contributed by atoms with E-state index >= 15 is 0 Å². The Morgan fingerprint density at radius 2 is 2.06 bits per heavy atom. The van der Waals surface area contributed by atoms with Gasteiger partial charge in [0, 0.05) is 24.3 Å². The van der Waals surface area contributed by atoms with Crippen LogP contribution in [-0.4, -0.2) is 26.2 Å². The van der Waals surface area contributed by atoms with Gasteiger partial charge in [0.15, 0.2) is 0 Å². The smallest absolute Gasteiger partial charge is 0.133 e. The maximum atomic E-state index is 5.88. The summed E-state index contributed by atoms with van der Waals surface area (Å²) in [6.45, 7) is 4.68. The van der Waals surface area contributed by atoms with Crippen LogP contribution in [-0.2, 0) is 0 Å². The number of nitrogens with one attached hydrogen (secondary N) is 1. The molecule has 1 aromatic carbocycles. The van der Waals surface area contributed by atoms with Gasteiger partial charge in [-0.05, 0) is 34.1 Å². The molecule has 17 heavy (non-hydrogen) atoms. The number of hydrogen-bond acceptors (Lipinski definition) is 1. The van der Waals surface area contributed by atoms with Gasteiger partial charge >= 0.3 is 0 Å². The van der Waals surface area contributed by atoms with Crippen molar-refractivity contribution in [2.75, 3.05) is 26.2 Å². The second-order valence-corrected chi connectivity index (χ2v) is 5.77. The number of halogens is 2. The Labute approximate surface area is 116 Å². The second-order valence-electron chi connectivity index (χ2n) is 4.48. The fourth-order valence-corrected chi connectivity index (χ4v) is 3.02. The maximum absolute atomic E-state index is 5.88. The maximum Gasteiger partial charge on any atom is 0.133 e. The van der Waals surface area contributed by atoms with Crippen molar-refractivity contribution in [3.8, 4) is 5.75 Å². The van der Waals surface area contributed by atoms with Crippen molar-refractivity contribution in [2.45, 2.75) is 19.3 Å². The minimum Gasteiger partial charge on any atom is -0.492 e. The summed E-state index contributed by atoms with van der Waals surface area (Å²) in [4.78, 5) is 1.73. The molecule has 0 unspecified atom stereocenters. The van der Waals surface area contributed by atoms with Crippen LogP contribution in [0.4, 0.5) is 0 Å². The van der Waals surface area contributed by atoms with Gasteiger partial charge in [-0.2, -0.15) is 0 Å². The van der Waals surface area contributed by atoms with E-state index < -0.39 is 0 Å². The minimum absolute atomic E-state index is 0.728. The molecule has 1 aromatic rings. The lowest BCUT2D eigenvalue weighted by atomic mass is 10.3. The average molecular weight is 320 g/mol. The zero-order valence-electron chi connectivity index (χ0n) is 9.85. The Kier molecular flexibility index (Phi) is 5.14. The Hall–Kier alpha value is -0.250. The summed E-state index contributed by atoms with van der Waals surface area (Å²) in [5, 5.41) is 0.728. The molecule has 1 fully saturated rings. The Balaban J connectivity index is 1.70. The highest BCUT2D eigenvalue weighted by Crippen LogP contribution is 2.27. The number of ether oxygens (including phenoxy) is 1. The zero-order valence-corrected chi connectivity index (χ0v) is 12.2. The lowest BCUT2D eigenvalue weighted by Crippen LogP contribution is -3.10. The second kappa shape index (κ2) is 6.62. The van der Waals surface area contributed by atoms with Gasteiger partial charge in [-0.15, -0.1) is 0 Å². The molecule has 1 saturated heterocycles. The fourth-order valence-electron chi connectivity index (χ4n) is 2.22. The van der Waals surface area contributed by atoms with E-state index in [1.165, 1.54) is 32.5 Å². The first-order chi connectivity index (χ1) is 8.25. The summed E-state index contributed by atoms with van der Waals surface area (Å²) in [6.07, 6.45) is 3.89. The van der Waals surface area contributed by atoms with Crippen molar-refractivity contribution in [3.63, 3.8) is 0 Å². The summed E-state index contributed by atoms with van der Waals surface area (Å²) in [5.74, 6) is 0.880. The molecule has 0 spiro atoms. The topological polar surface area (TPSA) is 13.7 Å². The van der Waals surface area contributed by atoms with Crippen LogP contribution in [0.15, 0.2) is 22.7 Å². The Morgan fingerprint density at radius 3 is 2.76 bits per heavy atom. The molecule has 94 valence electrons. The number of quaternary nitrogens is 1. The lowest BCUT2D eigenvalue weighted by molar-refractivity contribution is -0.887. The summed E-state index contributed by atoms with van der Waals surface area (Å²) >= 11 is 9.33. The first-order valence-corrected chi connectivity index (χ1v) is 7.34. The van der Waals surface area contributed by atoms with E-state index in [9.17, 15) is 0 Å². The predicted molar refractivity (Wildman–Crippen MR) is 74.1 cm³/mol. The third-order valence-corrected chi connectivity index (χ3v) is 3.99.